The van der Waals surface area contributed by atoms with Crippen LogP contribution in [0.3, 0.4) is 0 Å². The molecule has 3 rings (SSSR count). The Morgan fingerprint density at radius 1 is 1.04 bits per heavy atom. The lowest BCUT2D eigenvalue weighted by Gasteiger charge is -2.03. The van der Waals surface area contributed by atoms with Gasteiger partial charge in [-0.15, -0.1) is 0 Å². The van der Waals surface area contributed by atoms with E-state index in [1.165, 1.54) is 13.0 Å². The molecule has 1 aliphatic heterocycles. The van der Waals surface area contributed by atoms with Crippen LogP contribution in [-0.4, -0.2) is 28.9 Å². The Bertz CT molecular complexity index is 1020. The van der Waals surface area contributed by atoms with E-state index in [4.69, 9.17) is 9.84 Å². The summed E-state index contributed by atoms with van der Waals surface area (Å²) in [6, 6.07) is 13.7. The maximum Gasteiger partial charge on any atom is 0.363 e. The second-order valence-corrected chi connectivity index (χ2v) is 5.93. The Kier molecular flexibility index (Phi) is 5.45. The zero-order chi connectivity index (χ0) is 20.1. The van der Waals surface area contributed by atoms with Crippen LogP contribution in [0.1, 0.15) is 23.6 Å². The van der Waals surface area contributed by atoms with Crippen molar-refractivity contribution in [1.82, 2.24) is 0 Å². The molecule has 1 amide bonds. The van der Waals surface area contributed by atoms with E-state index < -0.39 is 11.9 Å². The van der Waals surface area contributed by atoms with Gasteiger partial charge >= 0.3 is 11.9 Å². The Hall–Kier alpha value is -4.00. The Labute approximate surface area is 160 Å². The molecular formula is C21H16N2O5. The molecule has 2 aromatic carbocycles. The first kappa shape index (κ1) is 18.8. The summed E-state index contributed by atoms with van der Waals surface area (Å²) >= 11 is 0. The average molecular weight is 376 g/mol. The van der Waals surface area contributed by atoms with Gasteiger partial charge in [0.15, 0.2) is 5.70 Å². The van der Waals surface area contributed by atoms with Crippen molar-refractivity contribution < 1.29 is 24.2 Å². The van der Waals surface area contributed by atoms with Crippen molar-refractivity contribution in [3.8, 4) is 0 Å². The van der Waals surface area contributed by atoms with E-state index in [1.54, 1.807) is 54.6 Å². The summed E-state index contributed by atoms with van der Waals surface area (Å²) in [5.74, 6) is -1.57. The van der Waals surface area contributed by atoms with Gasteiger partial charge in [-0.3, -0.25) is 4.79 Å². The van der Waals surface area contributed by atoms with Gasteiger partial charge in [0.05, 0.1) is 0 Å². The number of nitrogens with one attached hydrogen (secondary N) is 1. The van der Waals surface area contributed by atoms with Gasteiger partial charge in [-0.1, -0.05) is 24.3 Å². The van der Waals surface area contributed by atoms with Crippen LogP contribution in [0.25, 0.3) is 12.2 Å². The molecule has 0 aromatic heterocycles. The van der Waals surface area contributed by atoms with Gasteiger partial charge in [0, 0.05) is 24.3 Å². The van der Waals surface area contributed by atoms with Gasteiger partial charge in [0.2, 0.25) is 11.8 Å². The van der Waals surface area contributed by atoms with Crippen molar-refractivity contribution in [2.45, 2.75) is 6.92 Å². The molecule has 0 saturated heterocycles. The lowest BCUT2D eigenvalue weighted by atomic mass is 10.1. The van der Waals surface area contributed by atoms with Gasteiger partial charge in [-0.05, 0) is 47.5 Å². The number of aliphatic imine (C=N–C) groups is 1. The van der Waals surface area contributed by atoms with Gasteiger partial charge in [0.25, 0.3) is 0 Å². The monoisotopic (exact) mass is 376 g/mol. The zero-order valence-electron chi connectivity index (χ0n) is 14.9. The number of amides is 1. The highest BCUT2D eigenvalue weighted by atomic mass is 16.6. The van der Waals surface area contributed by atoms with E-state index >= 15 is 0 Å². The van der Waals surface area contributed by atoms with Crippen molar-refractivity contribution in [3.63, 3.8) is 0 Å². The molecule has 28 heavy (non-hydrogen) atoms. The van der Waals surface area contributed by atoms with Crippen LogP contribution in [0, 0.1) is 0 Å². The number of hydrogen-bond donors (Lipinski definition) is 2. The standard InChI is InChI=1S/C21H16N2O5/c1-13(24)22-17-9-7-16(8-10-17)20-23-18(21(27)28-20)12-15-4-2-14(3-5-15)6-11-19(25)26/h2-12H,1H3,(H,22,24)(H,25,26)/b11-6+,18-12-. The topological polar surface area (TPSA) is 105 Å². The number of rotatable bonds is 5. The predicted molar refractivity (Wildman–Crippen MR) is 104 cm³/mol. The van der Waals surface area contributed by atoms with Crippen LogP contribution >= 0.6 is 0 Å². The summed E-state index contributed by atoms with van der Waals surface area (Å²) in [7, 11) is 0. The number of esters is 1. The third kappa shape index (κ3) is 4.79. The number of carbonyl (C=O) groups is 3. The van der Waals surface area contributed by atoms with Gasteiger partial charge in [-0.2, -0.15) is 0 Å². The van der Waals surface area contributed by atoms with Crippen LogP contribution in [0.2, 0.25) is 0 Å². The number of anilines is 1. The summed E-state index contributed by atoms with van der Waals surface area (Å²) in [5.41, 5.74) is 2.86. The van der Waals surface area contributed by atoms with E-state index in [2.05, 4.69) is 10.3 Å². The first-order chi connectivity index (χ1) is 13.4. The molecule has 2 aromatic rings. The molecule has 0 aliphatic carbocycles. The minimum absolute atomic E-state index is 0.162. The van der Waals surface area contributed by atoms with Crippen LogP contribution in [0.5, 0.6) is 0 Å². The summed E-state index contributed by atoms with van der Waals surface area (Å²) in [5, 5.41) is 11.3. The fourth-order valence-electron chi connectivity index (χ4n) is 2.46. The van der Waals surface area contributed by atoms with E-state index in [0.717, 1.165) is 17.2 Å². The molecule has 1 aliphatic rings. The molecule has 0 atom stereocenters. The average Bonchev–Trinajstić information content (AvgIpc) is 3.02. The number of benzene rings is 2. The summed E-state index contributed by atoms with van der Waals surface area (Å²) in [4.78, 5) is 37.9. The van der Waals surface area contributed by atoms with Crippen molar-refractivity contribution in [1.29, 1.82) is 0 Å². The third-order valence-electron chi connectivity index (χ3n) is 3.73. The lowest BCUT2D eigenvalue weighted by Crippen LogP contribution is -2.07. The smallest absolute Gasteiger partial charge is 0.363 e. The first-order valence-corrected chi connectivity index (χ1v) is 8.32. The van der Waals surface area contributed by atoms with Crippen molar-refractivity contribution in [2.24, 2.45) is 4.99 Å². The second kappa shape index (κ2) is 8.13. The molecule has 0 fully saturated rings. The minimum Gasteiger partial charge on any atom is -0.478 e. The highest BCUT2D eigenvalue weighted by Gasteiger charge is 2.24. The molecule has 0 spiro atoms. The Morgan fingerprint density at radius 3 is 2.29 bits per heavy atom. The maximum absolute atomic E-state index is 12.1. The number of aliphatic carboxylic acids is 1. The quantitative estimate of drug-likeness (QED) is 0.616. The molecule has 0 saturated carbocycles. The molecule has 7 nitrogen and oxygen atoms in total. The number of ether oxygens (including phenoxy) is 1. The van der Waals surface area contributed by atoms with Crippen LogP contribution in [-0.2, 0) is 19.1 Å². The van der Waals surface area contributed by atoms with Crippen LogP contribution in [0.15, 0.2) is 65.3 Å². The molecule has 140 valence electrons. The number of hydrogen-bond acceptors (Lipinski definition) is 5. The Morgan fingerprint density at radius 2 is 1.68 bits per heavy atom. The SMILES string of the molecule is CC(=O)Nc1ccc(C2=N/C(=C\c3ccc(/C=C/C(=O)O)cc3)C(=O)O2)cc1. The first-order valence-electron chi connectivity index (χ1n) is 8.32. The molecule has 0 unspecified atom stereocenters. The fourth-order valence-corrected chi connectivity index (χ4v) is 2.46. The molecule has 1 heterocycles. The number of cyclic esters (lactones) is 1. The largest absolute Gasteiger partial charge is 0.478 e. The number of carbonyl (C=O) groups excluding carboxylic acids is 2. The van der Waals surface area contributed by atoms with Gasteiger partial charge in [0.1, 0.15) is 0 Å². The summed E-state index contributed by atoms with van der Waals surface area (Å²) in [6.07, 6.45) is 4.12. The molecule has 0 bridgehead atoms. The van der Waals surface area contributed by atoms with Gasteiger partial charge in [-0.25, -0.2) is 14.6 Å². The third-order valence-corrected chi connectivity index (χ3v) is 3.73. The highest BCUT2D eigenvalue weighted by Crippen LogP contribution is 2.20. The highest BCUT2D eigenvalue weighted by molar-refractivity contribution is 6.13. The van der Waals surface area contributed by atoms with Crippen LogP contribution < -0.4 is 5.32 Å². The summed E-state index contributed by atoms with van der Waals surface area (Å²) < 4.78 is 5.22. The number of nitrogens with zero attached hydrogens (tertiary/aromatic N) is 1. The fraction of sp³-hybridized carbons (Fsp3) is 0.0476. The zero-order valence-corrected chi connectivity index (χ0v) is 14.9. The van der Waals surface area contributed by atoms with Crippen molar-refractivity contribution in [2.75, 3.05) is 5.32 Å². The second-order valence-electron chi connectivity index (χ2n) is 5.93. The van der Waals surface area contributed by atoms with E-state index in [-0.39, 0.29) is 17.5 Å². The van der Waals surface area contributed by atoms with E-state index in [1.807, 2.05) is 0 Å². The van der Waals surface area contributed by atoms with E-state index in [9.17, 15) is 14.4 Å². The molecule has 7 heteroatoms. The molecule has 0 radical (unpaired) electrons. The number of carboxylic acids is 1. The summed E-state index contributed by atoms with van der Waals surface area (Å²) in [6.45, 7) is 1.42. The molecular weight excluding hydrogens is 360 g/mol. The van der Waals surface area contributed by atoms with E-state index in [0.29, 0.717) is 11.3 Å². The molecule has 2 N–H and O–H groups in total. The van der Waals surface area contributed by atoms with Crippen LogP contribution in [0.4, 0.5) is 5.69 Å². The predicted octanol–water partition coefficient (Wildman–Crippen LogP) is 3.09. The normalized spacial score (nSPS) is 14.8. The minimum atomic E-state index is -1.02. The number of carboxylic acid groups (broad SMARTS) is 1. The lowest BCUT2D eigenvalue weighted by molar-refractivity contribution is -0.131. The van der Waals surface area contributed by atoms with Gasteiger partial charge < -0.3 is 15.2 Å². The van der Waals surface area contributed by atoms with Crippen molar-refractivity contribution >= 4 is 41.6 Å². The maximum atomic E-state index is 12.1. The van der Waals surface area contributed by atoms with Crippen molar-refractivity contribution in [3.05, 3.63) is 77.0 Å². The Balaban J connectivity index is 1.77.